The summed E-state index contributed by atoms with van der Waals surface area (Å²) in [6, 6.07) is 9.49. The molecule has 2 aromatic carbocycles. The normalized spacial score (nSPS) is 12.6. The Morgan fingerprint density at radius 3 is 2.64 bits per heavy atom. The number of carbonyl (C=O) groups excluding carboxylic acids is 1. The zero-order chi connectivity index (χ0) is 18.6. The molecule has 0 unspecified atom stereocenters. The molecule has 0 spiro atoms. The van der Waals surface area contributed by atoms with Gasteiger partial charge in [0.15, 0.2) is 5.82 Å². The molecule has 2 aromatic rings. The molecule has 1 atom stereocenters. The van der Waals surface area contributed by atoms with Gasteiger partial charge >= 0.3 is 5.97 Å². The number of sulfonamides is 1. The maximum absolute atomic E-state index is 14.1. The van der Waals surface area contributed by atoms with E-state index in [1.807, 2.05) is 0 Å². The second-order valence-corrected chi connectivity index (χ2v) is 8.07. The van der Waals surface area contributed by atoms with Crippen molar-refractivity contribution in [1.82, 2.24) is 4.72 Å². The lowest BCUT2D eigenvalue weighted by Gasteiger charge is -2.19. The van der Waals surface area contributed by atoms with Gasteiger partial charge in [0.05, 0.1) is 24.6 Å². The molecule has 0 radical (unpaired) electrons. The Hall–Kier alpha value is -1.48. The second-order valence-electron chi connectivity index (χ2n) is 5.06. The fourth-order valence-electron chi connectivity index (χ4n) is 2.14. The Labute approximate surface area is 158 Å². The van der Waals surface area contributed by atoms with Crippen molar-refractivity contribution >= 4 is 43.5 Å². The van der Waals surface area contributed by atoms with Crippen LogP contribution in [0.25, 0.3) is 0 Å². The summed E-state index contributed by atoms with van der Waals surface area (Å²) in [5.74, 6) is -1.66. The fraction of sp³-hybridized carbons (Fsp3) is 0.188. The van der Waals surface area contributed by atoms with Gasteiger partial charge in [0.25, 0.3) is 0 Å². The van der Waals surface area contributed by atoms with Crippen LogP contribution >= 0.6 is 27.5 Å². The van der Waals surface area contributed by atoms with Crippen LogP contribution in [0.3, 0.4) is 0 Å². The molecule has 0 fully saturated rings. The number of hydrogen-bond acceptors (Lipinski definition) is 4. The topological polar surface area (TPSA) is 72.5 Å². The molecule has 25 heavy (non-hydrogen) atoms. The SMILES string of the molecule is COC(=O)C[C@@H](NS(=O)(=O)c1cccc(Cl)c1F)c1cccc(Br)c1. The van der Waals surface area contributed by atoms with Crippen LogP contribution in [0.1, 0.15) is 18.0 Å². The van der Waals surface area contributed by atoms with E-state index >= 15 is 0 Å². The van der Waals surface area contributed by atoms with Gasteiger partial charge in [0.1, 0.15) is 4.90 Å². The lowest BCUT2D eigenvalue weighted by atomic mass is 10.1. The lowest BCUT2D eigenvalue weighted by Crippen LogP contribution is -2.31. The highest BCUT2D eigenvalue weighted by molar-refractivity contribution is 9.10. The van der Waals surface area contributed by atoms with E-state index in [4.69, 9.17) is 11.6 Å². The maximum Gasteiger partial charge on any atom is 0.307 e. The number of halogens is 3. The summed E-state index contributed by atoms with van der Waals surface area (Å²) in [5, 5.41) is -0.310. The quantitative estimate of drug-likeness (QED) is 0.679. The summed E-state index contributed by atoms with van der Waals surface area (Å²) in [7, 11) is -3.06. The average Bonchev–Trinajstić information content (AvgIpc) is 2.56. The van der Waals surface area contributed by atoms with Crippen molar-refractivity contribution in [1.29, 1.82) is 0 Å². The van der Waals surface area contributed by atoms with E-state index in [2.05, 4.69) is 25.4 Å². The highest BCUT2D eigenvalue weighted by Crippen LogP contribution is 2.26. The van der Waals surface area contributed by atoms with Gasteiger partial charge in [0, 0.05) is 4.47 Å². The third kappa shape index (κ3) is 5.01. The third-order valence-corrected chi connectivity index (χ3v) is 5.63. The van der Waals surface area contributed by atoms with E-state index in [9.17, 15) is 17.6 Å². The van der Waals surface area contributed by atoms with Crippen molar-refractivity contribution in [3.05, 3.63) is 63.3 Å². The molecule has 0 aliphatic rings. The van der Waals surface area contributed by atoms with Crippen LogP contribution in [0.4, 0.5) is 4.39 Å². The molecule has 0 aliphatic heterocycles. The number of nitrogens with one attached hydrogen (secondary N) is 1. The molecule has 9 heteroatoms. The minimum absolute atomic E-state index is 0.256. The molecule has 0 bridgehead atoms. The monoisotopic (exact) mass is 449 g/mol. The first-order chi connectivity index (χ1) is 11.7. The van der Waals surface area contributed by atoms with Gasteiger partial charge in [-0.1, -0.05) is 45.7 Å². The number of esters is 1. The number of carbonyl (C=O) groups is 1. The molecule has 0 aromatic heterocycles. The largest absolute Gasteiger partial charge is 0.469 e. The van der Waals surface area contributed by atoms with Crippen LogP contribution in [-0.2, 0) is 19.6 Å². The molecule has 134 valence electrons. The first-order valence-electron chi connectivity index (χ1n) is 7.03. The predicted molar refractivity (Wildman–Crippen MR) is 95.2 cm³/mol. The minimum Gasteiger partial charge on any atom is -0.469 e. The lowest BCUT2D eigenvalue weighted by molar-refractivity contribution is -0.141. The number of hydrogen-bond donors (Lipinski definition) is 1. The van der Waals surface area contributed by atoms with Gasteiger partial charge in [-0.25, -0.2) is 17.5 Å². The van der Waals surface area contributed by atoms with Crippen LogP contribution in [-0.4, -0.2) is 21.5 Å². The van der Waals surface area contributed by atoms with E-state index in [1.165, 1.54) is 19.2 Å². The number of benzene rings is 2. The molecule has 0 heterocycles. The van der Waals surface area contributed by atoms with Crippen molar-refractivity contribution in [2.75, 3.05) is 7.11 Å². The van der Waals surface area contributed by atoms with Gasteiger partial charge in [-0.05, 0) is 29.8 Å². The average molecular weight is 451 g/mol. The zero-order valence-corrected chi connectivity index (χ0v) is 16.2. The summed E-state index contributed by atoms with van der Waals surface area (Å²) < 4.78 is 46.9. The molecular formula is C16H14BrClFNO4S. The molecule has 0 saturated heterocycles. The van der Waals surface area contributed by atoms with Crippen LogP contribution in [0.15, 0.2) is 51.8 Å². The number of methoxy groups -OCH3 is 1. The summed E-state index contributed by atoms with van der Waals surface area (Å²) >= 11 is 8.94. The first kappa shape index (κ1) is 19.8. The molecule has 1 N–H and O–H groups in total. The third-order valence-electron chi connectivity index (χ3n) is 3.35. The standard InChI is InChI=1S/C16H14BrClFNO4S/c1-24-15(21)9-13(10-4-2-5-11(17)8-10)20-25(22,23)14-7-3-6-12(18)16(14)19/h2-8,13,20H,9H2,1H3/t13-/m1/s1. The summed E-state index contributed by atoms with van der Waals surface area (Å²) in [4.78, 5) is 11.1. The highest BCUT2D eigenvalue weighted by Gasteiger charge is 2.27. The number of ether oxygens (including phenoxy) is 1. The van der Waals surface area contributed by atoms with E-state index in [1.54, 1.807) is 24.3 Å². The maximum atomic E-state index is 14.1. The van der Waals surface area contributed by atoms with Crippen molar-refractivity contribution < 1.29 is 22.3 Å². The van der Waals surface area contributed by atoms with E-state index < -0.39 is 32.7 Å². The van der Waals surface area contributed by atoms with E-state index in [0.29, 0.717) is 10.0 Å². The van der Waals surface area contributed by atoms with E-state index in [-0.39, 0.29) is 11.4 Å². The van der Waals surface area contributed by atoms with E-state index in [0.717, 1.165) is 6.07 Å². The second kappa shape index (κ2) is 8.27. The van der Waals surface area contributed by atoms with Gasteiger partial charge < -0.3 is 4.74 Å². The predicted octanol–water partition coefficient (Wildman–Crippen LogP) is 3.82. The number of rotatable bonds is 6. The highest BCUT2D eigenvalue weighted by atomic mass is 79.9. The summed E-state index contributed by atoms with van der Waals surface area (Å²) in [5.41, 5.74) is 0.519. The first-order valence-corrected chi connectivity index (χ1v) is 9.68. The molecule has 0 saturated carbocycles. The molecule has 0 aliphatic carbocycles. The molecule has 0 amide bonds. The Balaban J connectivity index is 2.41. The van der Waals surface area contributed by atoms with Gasteiger partial charge in [-0.2, -0.15) is 0 Å². The van der Waals surface area contributed by atoms with Crippen LogP contribution in [0.2, 0.25) is 5.02 Å². The van der Waals surface area contributed by atoms with Crippen molar-refractivity contribution in [2.24, 2.45) is 0 Å². The van der Waals surface area contributed by atoms with Crippen molar-refractivity contribution in [3.63, 3.8) is 0 Å². The fourth-order valence-corrected chi connectivity index (χ4v) is 4.12. The Morgan fingerprint density at radius 1 is 1.32 bits per heavy atom. The van der Waals surface area contributed by atoms with Crippen LogP contribution in [0.5, 0.6) is 0 Å². The Morgan fingerprint density at radius 2 is 2.00 bits per heavy atom. The summed E-state index contributed by atoms with van der Waals surface area (Å²) in [6.07, 6.45) is -0.256. The molecule has 2 rings (SSSR count). The van der Waals surface area contributed by atoms with Crippen LogP contribution in [0, 0.1) is 5.82 Å². The van der Waals surface area contributed by atoms with Gasteiger partial charge in [-0.15, -0.1) is 0 Å². The Bertz CT molecular complexity index is 891. The molecule has 5 nitrogen and oxygen atoms in total. The molecular weight excluding hydrogens is 437 g/mol. The smallest absolute Gasteiger partial charge is 0.307 e. The summed E-state index contributed by atoms with van der Waals surface area (Å²) in [6.45, 7) is 0. The van der Waals surface area contributed by atoms with Crippen LogP contribution < -0.4 is 4.72 Å². The van der Waals surface area contributed by atoms with Gasteiger partial charge in [-0.3, -0.25) is 4.79 Å². The van der Waals surface area contributed by atoms with Crippen molar-refractivity contribution in [3.8, 4) is 0 Å². The minimum atomic E-state index is -4.26. The Kier molecular flexibility index (Phi) is 6.56. The zero-order valence-electron chi connectivity index (χ0n) is 13.0. The van der Waals surface area contributed by atoms with Gasteiger partial charge in [0.2, 0.25) is 10.0 Å². The van der Waals surface area contributed by atoms with Crippen molar-refractivity contribution in [2.45, 2.75) is 17.4 Å².